The molecule has 0 spiro atoms. The molecule has 0 N–H and O–H groups in total. The lowest BCUT2D eigenvalue weighted by molar-refractivity contribution is -0.143. The van der Waals surface area contributed by atoms with Crippen LogP contribution in [0.1, 0.15) is 31.1 Å². The van der Waals surface area contributed by atoms with Crippen LogP contribution in [0.3, 0.4) is 0 Å². The average molecular weight is 416 g/mol. The number of benzene rings is 1. The third-order valence-corrected chi connectivity index (χ3v) is 6.51. The number of halogens is 1. The standard InChI is InChI=1S/C18H25FN2O6S/c1-4-21(5-2)28(24,25)16-12-14(6-7-15(16)19)18(23)27-13(3)17(22)20-8-10-26-11-9-20/h6-7,12-13H,4-5,8-11H2,1-3H3. The summed E-state index contributed by atoms with van der Waals surface area (Å²) >= 11 is 0. The van der Waals surface area contributed by atoms with Crippen LogP contribution in [0.15, 0.2) is 23.1 Å². The maximum atomic E-state index is 14.2. The maximum absolute atomic E-state index is 14.2. The van der Waals surface area contributed by atoms with E-state index in [0.717, 1.165) is 22.5 Å². The number of morpholine rings is 1. The van der Waals surface area contributed by atoms with Crippen molar-refractivity contribution in [1.82, 2.24) is 9.21 Å². The van der Waals surface area contributed by atoms with Gasteiger partial charge in [0.2, 0.25) is 10.0 Å². The largest absolute Gasteiger partial charge is 0.449 e. The van der Waals surface area contributed by atoms with Crippen LogP contribution in [0, 0.1) is 5.82 Å². The van der Waals surface area contributed by atoms with Gasteiger partial charge in [-0.05, 0) is 25.1 Å². The molecule has 156 valence electrons. The maximum Gasteiger partial charge on any atom is 0.338 e. The Morgan fingerprint density at radius 1 is 1.25 bits per heavy atom. The third kappa shape index (κ3) is 4.86. The smallest absolute Gasteiger partial charge is 0.338 e. The molecule has 1 heterocycles. The number of nitrogens with zero attached hydrogens (tertiary/aromatic N) is 2. The van der Waals surface area contributed by atoms with Crippen LogP contribution in [0.5, 0.6) is 0 Å². The molecule has 10 heteroatoms. The van der Waals surface area contributed by atoms with Gasteiger partial charge in [-0.1, -0.05) is 13.8 Å². The zero-order valence-electron chi connectivity index (χ0n) is 16.2. The fourth-order valence-electron chi connectivity index (χ4n) is 2.85. The van der Waals surface area contributed by atoms with Crippen molar-refractivity contribution < 1.29 is 31.9 Å². The molecule has 1 aliphatic heterocycles. The first-order valence-electron chi connectivity index (χ1n) is 9.09. The molecule has 0 saturated carbocycles. The van der Waals surface area contributed by atoms with E-state index in [0.29, 0.717) is 26.3 Å². The molecule has 0 radical (unpaired) electrons. The van der Waals surface area contributed by atoms with Crippen LogP contribution >= 0.6 is 0 Å². The molecule has 2 rings (SSSR count). The number of carbonyl (C=O) groups excluding carboxylic acids is 2. The average Bonchev–Trinajstić information content (AvgIpc) is 2.68. The summed E-state index contributed by atoms with van der Waals surface area (Å²) in [5.41, 5.74) is -0.145. The van der Waals surface area contributed by atoms with Crippen LogP contribution < -0.4 is 0 Å². The van der Waals surface area contributed by atoms with Crippen molar-refractivity contribution in [2.24, 2.45) is 0 Å². The van der Waals surface area contributed by atoms with Crippen molar-refractivity contribution in [3.63, 3.8) is 0 Å². The highest BCUT2D eigenvalue weighted by Crippen LogP contribution is 2.21. The molecule has 1 amide bonds. The van der Waals surface area contributed by atoms with E-state index in [2.05, 4.69) is 0 Å². The number of hydrogen-bond acceptors (Lipinski definition) is 6. The predicted octanol–water partition coefficient (Wildman–Crippen LogP) is 1.26. The summed E-state index contributed by atoms with van der Waals surface area (Å²) in [5, 5.41) is 0. The minimum absolute atomic E-state index is 0.145. The molecule has 28 heavy (non-hydrogen) atoms. The molecule has 0 aromatic heterocycles. The van der Waals surface area contributed by atoms with E-state index in [9.17, 15) is 22.4 Å². The van der Waals surface area contributed by atoms with E-state index in [1.807, 2.05) is 0 Å². The molecular weight excluding hydrogens is 391 g/mol. The van der Waals surface area contributed by atoms with Crippen molar-refractivity contribution in [2.45, 2.75) is 31.8 Å². The van der Waals surface area contributed by atoms with Gasteiger partial charge < -0.3 is 14.4 Å². The normalized spacial score (nSPS) is 16.1. The lowest BCUT2D eigenvalue weighted by Gasteiger charge is -2.29. The Bertz CT molecular complexity index is 819. The Balaban J connectivity index is 2.19. The van der Waals surface area contributed by atoms with Gasteiger partial charge in [0.15, 0.2) is 6.10 Å². The minimum atomic E-state index is -4.09. The molecule has 1 fully saturated rings. The number of esters is 1. The van der Waals surface area contributed by atoms with Gasteiger partial charge in [-0.3, -0.25) is 4.79 Å². The zero-order valence-corrected chi connectivity index (χ0v) is 17.0. The lowest BCUT2D eigenvalue weighted by atomic mass is 10.2. The second-order valence-corrected chi connectivity index (χ2v) is 8.13. The van der Waals surface area contributed by atoms with Gasteiger partial charge in [0.1, 0.15) is 10.7 Å². The monoisotopic (exact) mass is 416 g/mol. The van der Waals surface area contributed by atoms with Gasteiger partial charge in [0.05, 0.1) is 18.8 Å². The fraction of sp³-hybridized carbons (Fsp3) is 0.556. The van der Waals surface area contributed by atoms with E-state index in [1.165, 1.54) is 11.8 Å². The number of rotatable bonds is 7. The van der Waals surface area contributed by atoms with Crippen molar-refractivity contribution >= 4 is 21.9 Å². The molecule has 1 aromatic rings. The highest BCUT2D eigenvalue weighted by atomic mass is 32.2. The molecule has 1 aromatic carbocycles. The number of amides is 1. The molecule has 0 aliphatic carbocycles. The summed E-state index contributed by atoms with van der Waals surface area (Å²) in [7, 11) is -4.09. The minimum Gasteiger partial charge on any atom is -0.449 e. The second-order valence-electron chi connectivity index (χ2n) is 6.22. The van der Waals surface area contributed by atoms with E-state index in [4.69, 9.17) is 9.47 Å². The van der Waals surface area contributed by atoms with E-state index in [-0.39, 0.29) is 24.6 Å². The first-order chi connectivity index (χ1) is 13.2. The van der Waals surface area contributed by atoms with Gasteiger partial charge in [0.25, 0.3) is 5.91 Å². The topological polar surface area (TPSA) is 93.2 Å². The molecule has 1 atom stereocenters. The van der Waals surface area contributed by atoms with E-state index in [1.54, 1.807) is 13.8 Å². The SMILES string of the molecule is CCN(CC)S(=O)(=O)c1cc(C(=O)OC(C)C(=O)N2CCOCC2)ccc1F. The van der Waals surface area contributed by atoms with E-state index < -0.39 is 32.8 Å². The van der Waals surface area contributed by atoms with Gasteiger partial charge in [-0.25, -0.2) is 17.6 Å². The zero-order chi connectivity index (χ0) is 20.9. The number of ether oxygens (including phenoxy) is 2. The summed E-state index contributed by atoms with van der Waals surface area (Å²) in [6.45, 7) is 6.68. The number of hydrogen-bond donors (Lipinski definition) is 0. The first-order valence-corrected chi connectivity index (χ1v) is 10.5. The number of carbonyl (C=O) groups is 2. The molecular formula is C18H25FN2O6S. The Labute approximate surface area is 164 Å². The summed E-state index contributed by atoms with van der Waals surface area (Å²) in [5.74, 6) is -2.22. The van der Waals surface area contributed by atoms with Gasteiger partial charge in [-0.15, -0.1) is 0 Å². The highest BCUT2D eigenvalue weighted by molar-refractivity contribution is 7.89. The Kier molecular flexibility index (Phi) is 7.50. The molecule has 8 nitrogen and oxygen atoms in total. The summed E-state index contributed by atoms with van der Waals surface area (Å²) < 4.78 is 50.8. The van der Waals surface area contributed by atoms with Crippen LogP contribution in [0.4, 0.5) is 4.39 Å². The third-order valence-electron chi connectivity index (χ3n) is 4.44. The highest BCUT2D eigenvalue weighted by Gasteiger charge is 2.29. The van der Waals surface area contributed by atoms with Crippen LogP contribution in [0.25, 0.3) is 0 Å². The van der Waals surface area contributed by atoms with E-state index >= 15 is 0 Å². The fourth-order valence-corrected chi connectivity index (χ4v) is 4.40. The van der Waals surface area contributed by atoms with Crippen molar-refractivity contribution in [1.29, 1.82) is 0 Å². The van der Waals surface area contributed by atoms with Crippen LogP contribution in [-0.4, -0.2) is 75.0 Å². The summed E-state index contributed by atoms with van der Waals surface area (Å²) in [4.78, 5) is 25.7. The lowest BCUT2D eigenvalue weighted by Crippen LogP contribution is -2.46. The van der Waals surface area contributed by atoms with Crippen LogP contribution in [0.2, 0.25) is 0 Å². The predicted molar refractivity (Wildman–Crippen MR) is 98.8 cm³/mol. The molecule has 1 unspecified atom stereocenters. The van der Waals surface area contributed by atoms with Crippen molar-refractivity contribution in [2.75, 3.05) is 39.4 Å². The van der Waals surface area contributed by atoms with Crippen LogP contribution in [-0.2, 0) is 24.3 Å². The Hall–Kier alpha value is -2.04. The van der Waals surface area contributed by atoms with Gasteiger partial charge in [-0.2, -0.15) is 4.31 Å². The Morgan fingerprint density at radius 2 is 1.86 bits per heavy atom. The number of sulfonamides is 1. The van der Waals surface area contributed by atoms with Crippen molar-refractivity contribution in [3.05, 3.63) is 29.6 Å². The second kappa shape index (κ2) is 9.44. The van der Waals surface area contributed by atoms with Gasteiger partial charge in [0, 0.05) is 26.2 Å². The summed E-state index contributed by atoms with van der Waals surface area (Å²) in [6.07, 6.45) is -1.06. The molecule has 1 saturated heterocycles. The molecule has 1 aliphatic rings. The van der Waals surface area contributed by atoms with Gasteiger partial charge >= 0.3 is 5.97 Å². The first kappa shape index (κ1) is 22.3. The van der Waals surface area contributed by atoms with Crippen molar-refractivity contribution in [3.8, 4) is 0 Å². The molecule has 0 bridgehead atoms. The summed E-state index contributed by atoms with van der Waals surface area (Å²) in [6, 6.07) is 2.98. The quantitative estimate of drug-likeness (QED) is 0.622. The Morgan fingerprint density at radius 3 is 2.43 bits per heavy atom.